The van der Waals surface area contributed by atoms with Crippen LogP contribution in [-0.2, 0) is 19.3 Å². The Balaban J connectivity index is 1.87. The molecule has 1 aromatic carbocycles. The second-order valence-electron chi connectivity index (χ2n) is 7.02. The SMILES string of the molecule is CC(C)COc1ccc(C#N)cc1C(=O)N1Cc2cnc(C(F)(F)F)cc2C1. The lowest BCUT2D eigenvalue weighted by Gasteiger charge is -2.19. The third-order valence-electron chi connectivity index (χ3n) is 4.29. The number of carbonyl (C=O) groups is 1. The Morgan fingerprint density at radius 1 is 1.29 bits per heavy atom. The van der Waals surface area contributed by atoms with Crippen LogP contribution in [0.25, 0.3) is 0 Å². The number of rotatable bonds is 4. The third-order valence-corrected chi connectivity index (χ3v) is 4.29. The van der Waals surface area contributed by atoms with E-state index in [1.54, 1.807) is 12.1 Å². The second kappa shape index (κ2) is 7.50. The molecule has 0 saturated carbocycles. The first-order valence-corrected chi connectivity index (χ1v) is 8.70. The summed E-state index contributed by atoms with van der Waals surface area (Å²) in [5.74, 6) is 0.185. The Bertz CT molecular complexity index is 949. The van der Waals surface area contributed by atoms with Crippen LogP contribution in [0.5, 0.6) is 5.75 Å². The van der Waals surface area contributed by atoms with E-state index < -0.39 is 17.8 Å². The van der Waals surface area contributed by atoms with Crippen molar-refractivity contribution in [1.82, 2.24) is 9.88 Å². The molecule has 28 heavy (non-hydrogen) atoms. The van der Waals surface area contributed by atoms with E-state index in [0.717, 1.165) is 12.3 Å². The largest absolute Gasteiger partial charge is 0.492 e. The number of carbonyl (C=O) groups excluding carboxylic acids is 1. The second-order valence-corrected chi connectivity index (χ2v) is 7.02. The highest BCUT2D eigenvalue weighted by Crippen LogP contribution is 2.33. The average molecular weight is 389 g/mol. The molecule has 0 N–H and O–H groups in total. The molecule has 8 heteroatoms. The van der Waals surface area contributed by atoms with Crippen molar-refractivity contribution in [3.05, 3.63) is 58.4 Å². The Morgan fingerprint density at radius 3 is 2.64 bits per heavy atom. The summed E-state index contributed by atoms with van der Waals surface area (Å²) in [6, 6.07) is 7.54. The fourth-order valence-corrected chi connectivity index (χ4v) is 2.90. The smallest absolute Gasteiger partial charge is 0.433 e. The maximum Gasteiger partial charge on any atom is 0.433 e. The van der Waals surface area contributed by atoms with Crippen molar-refractivity contribution in [2.24, 2.45) is 5.92 Å². The van der Waals surface area contributed by atoms with Gasteiger partial charge in [0.1, 0.15) is 11.4 Å². The van der Waals surface area contributed by atoms with Crippen LogP contribution in [0.1, 0.15) is 46.6 Å². The van der Waals surface area contributed by atoms with Crippen LogP contribution in [-0.4, -0.2) is 22.4 Å². The van der Waals surface area contributed by atoms with Gasteiger partial charge in [-0.05, 0) is 41.3 Å². The summed E-state index contributed by atoms with van der Waals surface area (Å²) in [4.78, 5) is 17.9. The van der Waals surface area contributed by atoms with Gasteiger partial charge >= 0.3 is 6.18 Å². The predicted molar refractivity (Wildman–Crippen MR) is 94.3 cm³/mol. The maximum atomic E-state index is 13.0. The number of hydrogen-bond donors (Lipinski definition) is 0. The predicted octanol–water partition coefficient (Wildman–Crippen LogP) is 4.16. The minimum atomic E-state index is -4.54. The zero-order valence-electron chi connectivity index (χ0n) is 15.4. The number of halogens is 3. The van der Waals surface area contributed by atoms with E-state index in [1.807, 2.05) is 19.9 Å². The standard InChI is InChI=1S/C20H18F3N3O2/c1-12(2)11-28-17-4-3-13(7-24)5-16(17)19(27)26-9-14-6-18(20(21,22)23)25-8-15(14)10-26/h3-6,8,12H,9-11H2,1-2H3. The normalized spacial score (nSPS) is 13.4. The summed E-state index contributed by atoms with van der Waals surface area (Å²) >= 11 is 0. The van der Waals surface area contributed by atoms with Gasteiger partial charge in [0.25, 0.3) is 5.91 Å². The third kappa shape index (κ3) is 4.09. The van der Waals surface area contributed by atoms with Crippen molar-refractivity contribution in [3.63, 3.8) is 0 Å². The summed E-state index contributed by atoms with van der Waals surface area (Å²) < 4.78 is 44.3. The number of benzene rings is 1. The molecule has 1 aliphatic rings. The average Bonchev–Trinajstić information content (AvgIpc) is 3.08. The van der Waals surface area contributed by atoms with Crippen LogP contribution in [0.3, 0.4) is 0 Å². The molecule has 0 bridgehead atoms. The quantitative estimate of drug-likeness (QED) is 0.788. The van der Waals surface area contributed by atoms with Crippen LogP contribution >= 0.6 is 0 Å². The molecular weight excluding hydrogens is 371 g/mol. The molecule has 0 spiro atoms. The van der Waals surface area contributed by atoms with Crippen molar-refractivity contribution < 1.29 is 22.7 Å². The number of nitrogens with zero attached hydrogens (tertiary/aromatic N) is 3. The first kappa shape index (κ1) is 19.7. The Hall–Kier alpha value is -3.08. The number of alkyl halides is 3. The highest BCUT2D eigenvalue weighted by Gasteiger charge is 2.35. The Labute approximate surface area is 160 Å². The van der Waals surface area contributed by atoms with Gasteiger partial charge in [0.2, 0.25) is 0 Å². The van der Waals surface area contributed by atoms with Crippen molar-refractivity contribution >= 4 is 5.91 Å². The van der Waals surface area contributed by atoms with Crippen LogP contribution in [0, 0.1) is 17.2 Å². The van der Waals surface area contributed by atoms with Gasteiger partial charge in [-0.1, -0.05) is 13.8 Å². The summed E-state index contributed by atoms with van der Waals surface area (Å²) in [6.07, 6.45) is -3.38. The molecule has 5 nitrogen and oxygen atoms in total. The number of ether oxygens (including phenoxy) is 1. The van der Waals surface area contributed by atoms with E-state index in [1.165, 1.54) is 11.0 Å². The molecule has 2 heterocycles. The van der Waals surface area contributed by atoms with Gasteiger partial charge < -0.3 is 9.64 Å². The fraction of sp³-hybridized carbons (Fsp3) is 0.350. The number of nitriles is 1. The molecule has 3 rings (SSSR count). The molecule has 1 aliphatic heterocycles. The topological polar surface area (TPSA) is 66.2 Å². The van der Waals surface area contributed by atoms with E-state index in [4.69, 9.17) is 10.00 Å². The summed E-state index contributed by atoms with van der Waals surface area (Å²) in [6.45, 7) is 4.52. The maximum absolute atomic E-state index is 13.0. The molecule has 0 fully saturated rings. The molecule has 0 aliphatic carbocycles. The van der Waals surface area contributed by atoms with Gasteiger partial charge in [0, 0.05) is 19.3 Å². The molecule has 1 aromatic heterocycles. The van der Waals surface area contributed by atoms with E-state index in [9.17, 15) is 18.0 Å². The summed E-state index contributed by atoms with van der Waals surface area (Å²) in [5.41, 5.74) is 0.529. The van der Waals surface area contributed by atoms with E-state index in [0.29, 0.717) is 29.0 Å². The van der Waals surface area contributed by atoms with E-state index >= 15 is 0 Å². The molecule has 0 saturated heterocycles. The molecular formula is C20H18F3N3O2. The number of fused-ring (bicyclic) bond motifs is 1. The van der Waals surface area contributed by atoms with Gasteiger partial charge in [-0.15, -0.1) is 0 Å². The Morgan fingerprint density at radius 2 is 2.00 bits per heavy atom. The fourth-order valence-electron chi connectivity index (χ4n) is 2.90. The van der Waals surface area contributed by atoms with Crippen LogP contribution < -0.4 is 4.74 Å². The number of pyridine rings is 1. The van der Waals surface area contributed by atoms with Gasteiger partial charge in [-0.2, -0.15) is 18.4 Å². The number of amides is 1. The van der Waals surface area contributed by atoms with Gasteiger partial charge in [-0.25, -0.2) is 0 Å². The van der Waals surface area contributed by atoms with Gasteiger partial charge in [-0.3, -0.25) is 9.78 Å². The van der Waals surface area contributed by atoms with E-state index in [-0.39, 0.29) is 24.6 Å². The van der Waals surface area contributed by atoms with Gasteiger partial charge in [0.15, 0.2) is 0 Å². The van der Waals surface area contributed by atoms with Gasteiger partial charge in [0.05, 0.1) is 23.8 Å². The first-order chi connectivity index (χ1) is 13.2. The van der Waals surface area contributed by atoms with Crippen molar-refractivity contribution in [1.29, 1.82) is 5.26 Å². The summed E-state index contributed by atoms with van der Waals surface area (Å²) in [5, 5.41) is 9.14. The minimum Gasteiger partial charge on any atom is -0.492 e. The molecule has 0 radical (unpaired) electrons. The Kier molecular flexibility index (Phi) is 5.27. The van der Waals surface area contributed by atoms with Crippen molar-refractivity contribution in [3.8, 4) is 11.8 Å². The molecule has 0 unspecified atom stereocenters. The zero-order chi connectivity index (χ0) is 20.5. The molecule has 2 aromatic rings. The first-order valence-electron chi connectivity index (χ1n) is 8.70. The van der Waals surface area contributed by atoms with E-state index in [2.05, 4.69) is 4.98 Å². The van der Waals surface area contributed by atoms with Crippen molar-refractivity contribution in [2.45, 2.75) is 33.1 Å². The molecule has 1 amide bonds. The minimum absolute atomic E-state index is 0.0418. The number of hydrogen-bond acceptors (Lipinski definition) is 4. The zero-order valence-corrected chi connectivity index (χ0v) is 15.4. The highest BCUT2D eigenvalue weighted by atomic mass is 19.4. The lowest BCUT2D eigenvalue weighted by atomic mass is 10.1. The monoisotopic (exact) mass is 389 g/mol. The lowest BCUT2D eigenvalue weighted by Crippen LogP contribution is -2.26. The van der Waals surface area contributed by atoms with Crippen molar-refractivity contribution in [2.75, 3.05) is 6.61 Å². The van der Waals surface area contributed by atoms with Crippen LogP contribution in [0.4, 0.5) is 13.2 Å². The molecule has 146 valence electrons. The lowest BCUT2D eigenvalue weighted by molar-refractivity contribution is -0.141. The molecule has 0 atom stereocenters. The van der Waals surface area contributed by atoms with Crippen LogP contribution in [0.15, 0.2) is 30.5 Å². The highest BCUT2D eigenvalue weighted by molar-refractivity contribution is 5.97. The number of aromatic nitrogens is 1. The van der Waals surface area contributed by atoms with Crippen LogP contribution in [0.2, 0.25) is 0 Å². The summed E-state index contributed by atoms with van der Waals surface area (Å²) in [7, 11) is 0.